The maximum atomic E-state index is 14.8. The summed E-state index contributed by atoms with van der Waals surface area (Å²) in [5.74, 6) is -5.12. The van der Waals surface area contributed by atoms with Crippen LogP contribution in [0, 0.1) is 11.6 Å². The van der Waals surface area contributed by atoms with Crippen LogP contribution in [0.4, 0.5) is 22.0 Å². The van der Waals surface area contributed by atoms with E-state index in [0.717, 1.165) is 67.4 Å². The van der Waals surface area contributed by atoms with Gasteiger partial charge in [-0.15, -0.1) is 0 Å². The lowest BCUT2D eigenvalue weighted by Gasteiger charge is -2.38. The number of aliphatic hydroxyl groups excluding tert-OH is 2. The van der Waals surface area contributed by atoms with Crippen molar-refractivity contribution < 1.29 is 61.5 Å². The van der Waals surface area contributed by atoms with Gasteiger partial charge in [0.1, 0.15) is 18.9 Å². The van der Waals surface area contributed by atoms with Gasteiger partial charge in [-0.2, -0.15) is 13.2 Å². The highest BCUT2D eigenvalue weighted by atomic mass is 19.4. The number of hydrogen-bond acceptors (Lipinski definition) is 8. The summed E-state index contributed by atoms with van der Waals surface area (Å²) in [5, 5.41) is 32.9. The van der Waals surface area contributed by atoms with E-state index < -0.39 is 47.5 Å². The van der Waals surface area contributed by atoms with E-state index in [1.165, 1.54) is 30.3 Å². The van der Waals surface area contributed by atoms with Crippen molar-refractivity contribution >= 4 is 28.7 Å². The summed E-state index contributed by atoms with van der Waals surface area (Å²) in [6, 6.07) is 32.7. The Labute approximate surface area is 388 Å². The first kappa shape index (κ1) is 50.5. The molecule has 17 heteroatoms. The van der Waals surface area contributed by atoms with E-state index in [9.17, 15) is 41.1 Å². The highest BCUT2D eigenvalue weighted by Crippen LogP contribution is 2.32. The minimum atomic E-state index is -4.42. The highest BCUT2D eigenvalue weighted by molar-refractivity contribution is 5.84. The number of nitrogens with zero attached hydrogens (tertiary/aromatic N) is 3. The number of pyridine rings is 1. The smallest absolute Gasteiger partial charge is 0.416 e. The van der Waals surface area contributed by atoms with Gasteiger partial charge in [-0.05, 0) is 90.4 Å². The molecule has 2 heterocycles. The van der Waals surface area contributed by atoms with Gasteiger partial charge in [0.05, 0.1) is 11.1 Å². The Bertz CT molecular complexity index is 2730. The highest BCUT2D eigenvalue weighted by Gasteiger charge is 2.31. The Hall–Kier alpha value is -6.95. The molecule has 358 valence electrons. The SMILES string of the molecule is CCN1CCC(N(Cc2ccc(-c3ccc(C(F)(F)F)cc3)cc2)C(=O)Cn2c(CCc3cccc(F)c3F)cc(=O)c3ccc(OCc4ccccc4)cc32)CC1.O=C(O)[C@H](O)[C@@H](O)C(=O)O. The van der Waals surface area contributed by atoms with Crippen molar-refractivity contribution in [2.45, 2.75) is 76.7 Å². The molecule has 0 spiro atoms. The van der Waals surface area contributed by atoms with Gasteiger partial charge >= 0.3 is 18.1 Å². The van der Waals surface area contributed by atoms with Crippen molar-refractivity contribution in [1.29, 1.82) is 0 Å². The molecule has 1 amide bonds. The fraction of sp³-hybridized carbons (Fsp3) is 0.294. The van der Waals surface area contributed by atoms with Crippen molar-refractivity contribution in [3.63, 3.8) is 0 Å². The largest absolute Gasteiger partial charge is 0.489 e. The van der Waals surface area contributed by atoms with Crippen LogP contribution in [0.25, 0.3) is 22.0 Å². The van der Waals surface area contributed by atoms with Gasteiger partial charge in [0.2, 0.25) is 5.91 Å². The number of hydrogen-bond donors (Lipinski definition) is 4. The molecule has 2 atom stereocenters. The number of aromatic nitrogens is 1. The number of ether oxygens (including phenoxy) is 1. The van der Waals surface area contributed by atoms with E-state index >= 15 is 0 Å². The first-order valence-electron chi connectivity index (χ1n) is 21.8. The molecule has 1 saturated heterocycles. The first-order valence-corrected chi connectivity index (χ1v) is 21.8. The van der Waals surface area contributed by atoms with Crippen molar-refractivity contribution in [1.82, 2.24) is 14.4 Å². The second-order valence-corrected chi connectivity index (χ2v) is 16.3. The molecule has 1 aliphatic rings. The van der Waals surface area contributed by atoms with E-state index in [4.69, 9.17) is 25.2 Å². The Morgan fingerprint density at radius 3 is 1.97 bits per heavy atom. The molecule has 1 aromatic heterocycles. The Kier molecular flexibility index (Phi) is 16.8. The van der Waals surface area contributed by atoms with Gasteiger partial charge in [0.15, 0.2) is 29.3 Å². The van der Waals surface area contributed by atoms with Gasteiger partial charge in [-0.25, -0.2) is 18.4 Å². The predicted molar refractivity (Wildman–Crippen MR) is 243 cm³/mol. The number of amides is 1. The molecule has 0 radical (unpaired) electrons. The maximum absolute atomic E-state index is 14.8. The number of carbonyl (C=O) groups is 3. The van der Waals surface area contributed by atoms with Gasteiger partial charge in [-0.3, -0.25) is 9.59 Å². The molecular formula is C51H50F5N3O9. The monoisotopic (exact) mass is 943 g/mol. The number of likely N-dealkylation sites (tertiary alicyclic amines) is 1. The zero-order valence-corrected chi connectivity index (χ0v) is 36.9. The number of piperidine rings is 1. The lowest BCUT2D eigenvalue weighted by atomic mass is 10.00. The average molecular weight is 944 g/mol. The van der Waals surface area contributed by atoms with E-state index in [1.807, 2.05) is 59.5 Å². The van der Waals surface area contributed by atoms with Gasteiger partial charge < -0.3 is 39.5 Å². The lowest BCUT2D eigenvalue weighted by Crippen LogP contribution is -2.48. The summed E-state index contributed by atoms with van der Waals surface area (Å²) in [6.45, 7) is 5.11. The number of halogens is 5. The van der Waals surface area contributed by atoms with Gasteiger partial charge in [0.25, 0.3) is 0 Å². The van der Waals surface area contributed by atoms with Crippen LogP contribution in [0.2, 0.25) is 0 Å². The third-order valence-corrected chi connectivity index (χ3v) is 11.8. The summed E-state index contributed by atoms with van der Waals surface area (Å²) >= 11 is 0. The van der Waals surface area contributed by atoms with Crippen LogP contribution in [0.1, 0.15) is 47.7 Å². The number of carboxylic acids is 2. The van der Waals surface area contributed by atoms with Crippen LogP contribution < -0.4 is 10.2 Å². The molecule has 7 rings (SSSR count). The predicted octanol–water partition coefficient (Wildman–Crippen LogP) is 7.72. The third-order valence-electron chi connectivity index (χ3n) is 11.8. The number of aryl methyl sites for hydroxylation is 2. The number of alkyl halides is 3. The zero-order chi connectivity index (χ0) is 49.1. The molecule has 0 saturated carbocycles. The summed E-state index contributed by atoms with van der Waals surface area (Å²) in [4.78, 5) is 52.2. The van der Waals surface area contributed by atoms with Crippen molar-refractivity contribution in [3.05, 3.63) is 171 Å². The molecule has 68 heavy (non-hydrogen) atoms. The van der Waals surface area contributed by atoms with Crippen LogP contribution >= 0.6 is 0 Å². The second kappa shape index (κ2) is 22.7. The van der Waals surface area contributed by atoms with Crippen molar-refractivity contribution in [2.75, 3.05) is 19.6 Å². The minimum absolute atomic E-state index is 0.0786. The van der Waals surface area contributed by atoms with Crippen LogP contribution in [-0.2, 0) is 53.1 Å². The lowest BCUT2D eigenvalue weighted by molar-refractivity contribution is -0.165. The number of rotatable bonds is 16. The number of aliphatic hydroxyl groups is 2. The molecule has 0 unspecified atom stereocenters. The fourth-order valence-electron chi connectivity index (χ4n) is 7.95. The average Bonchev–Trinajstić information content (AvgIpc) is 3.34. The van der Waals surface area contributed by atoms with Crippen molar-refractivity contribution in [3.8, 4) is 16.9 Å². The van der Waals surface area contributed by atoms with E-state index in [2.05, 4.69) is 11.8 Å². The fourth-order valence-corrected chi connectivity index (χ4v) is 7.95. The molecular weight excluding hydrogens is 894 g/mol. The molecule has 4 N–H and O–H groups in total. The first-order chi connectivity index (χ1) is 32.4. The topological polar surface area (TPSA) is 170 Å². The number of carbonyl (C=O) groups excluding carboxylic acids is 1. The van der Waals surface area contributed by atoms with Gasteiger partial charge in [0, 0.05) is 48.9 Å². The summed E-state index contributed by atoms with van der Waals surface area (Å²) in [7, 11) is 0. The number of carboxylic acid groups (broad SMARTS) is 2. The van der Waals surface area contributed by atoms with Crippen LogP contribution in [0.5, 0.6) is 5.75 Å². The molecule has 0 bridgehead atoms. The molecule has 6 aromatic rings. The summed E-state index contributed by atoms with van der Waals surface area (Å²) in [6.07, 6.45) is -7.18. The van der Waals surface area contributed by atoms with Crippen molar-refractivity contribution in [2.24, 2.45) is 0 Å². The summed E-state index contributed by atoms with van der Waals surface area (Å²) in [5.41, 5.74) is 3.36. The molecule has 1 aliphatic heterocycles. The normalized spacial score (nSPS) is 14.1. The third kappa shape index (κ3) is 12.9. The van der Waals surface area contributed by atoms with E-state index in [-0.39, 0.29) is 55.5 Å². The molecule has 12 nitrogen and oxygen atoms in total. The molecule has 5 aromatic carbocycles. The number of aliphatic carboxylic acids is 2. The van der Waals surface area contributed by atoms with Crippen LogP contribution in [0.15, 0.2) is 126 Å². The van der Waals surface area contributed by atoms with E-state index in [0.29, 0.717) is 27.9 Å². The van der Waals surface area contributed by atoms with Crippen LogP contribution in [0.3, 0.4) is 0 Å². The Morgan fingerprint density at radius 2 is 1.38 bits per heavy atom. The van der Waals surface area contributed by atoms with Crippen LogP contribution in [-0.4, -0.2) is 90.5 Å². The minimum Gasteiger partial charge on any atom is -0.489 e. The van der Waals surface area contributed by atoms with Gasteiger partial charge in [-0.1, -0.05) is 85.8 Å². The Balaban J connectivity index is 0.000000684. The standard InChI is InChI=1S/C47H44F5N3O3.C4H6O6/c1-2-53-25-23-38(24-26-53)55(29-32-11-13-34(14-12-32)35-15-18-37(19-16-35)47(50,51)52)45(57)30-54-39(20-17-36-9-6-10-42(48)46(36)49)27-44(56)41-22-21-40(28-43(41)54)58-31-33-7-4-3-5-8-33;5-1(3(7)8)2(6)4(9)10/h3-16,18-19,21-22,27-28,38H,2,17,20,23-26,29-31H2,1H3;1-2,5-6H,(H,7,8)(H,9,10)/t;1-,2-/m.1/s1. The van der Waals surface area contributed by atoms with E-state index in [1.54, 1.807) is 22.8 Å². The maximum Gasteiger partial charge on any atom is 0.416 e. The Morgan fingerprint density at radius 1 is 0.765 bits per heavy atom. The molecule has 1 fully saturated rings. The quantitative estimate of drug-likeness (QED) is 0.0705. The zero-order valence-electron chi connectivity index (χ0n) is 36.9. The summed E-state index contributed by atoms with van der Waals surface area (Å²) < 4.78 is 76.5. The second-order valence-electron chi connectivity index (χ2n) is 16.3. The molecule has 0 aliphatic carbocycles. The number of benzene rings is 5. The number of fused-ring (bicyclic) bond motifs is 1.